The molecule has 0 aliphatic rings. The predicted molar refractivity (Wildman–Crippen MR) is 94.8 cm³/mol. The predicted octanol–water partition coefficient (Wildman–Crippen LogP) is 3.42. The van der Waals surface area contributed by atoms with E-state index in [1.165, 1.54) is 7.11 Å². The van der Waals surface area contributed by atoms with Crippen LogP contribution in [0.5, 0.6) is 5.75 Å². The van der Waals surface area contributed by atoms with Crippen LogP contribution < -0.4 is 15.4 Å². The molecular formula is C18H19ClN2O3. The summed E-state index contributed by atoms with van der Waals surface area (Å²) in [6, 6.07) is 12.2. The zero-order chi connectivity index (χ0) is 17.5. The maximum atomic E-state index is 12.1. The zero-order valence-corrected chi connectivity index (χ0v) is 14.3. The highest BCUT2D eigenvalue weighted by Crippen LogP contribution is 2.20. The van der Waals surface area contributed by atoms with E-state index in [1.807, 2.05) is 13.0 Å². The molecule has 24 heavy (non-hydrogen) atoms. The highest BCUT2D eigenvalue weighted by atomic mass is 35.5. The van der Waals surface area contributed by atoms with Crippen molar-refractivity contribution < 1.29 is 14.3 Å². The van der Waals surface area contributed by atoms with Crippen molar-refractivity contribution in [2.24, 2.45) is 0 Å². The van der Waals surface area contributed by atoms with Crippen molar-refractivity contribution in [3.8, 4) is 5.75 Å². The third-order valence-corrected chi connectivity index (χ3v) is 3.85. The fourth-order valence-corrected chi connectivity index (χ4v) is 2.29. The molecule has 2 aromatic rings. The van der Waals surface area contributed by atoms with Crippen LogP contribution in [0.2, 0.25) is 5.02 Å². The summed E-state index contributed by atoms with van der Waals surface area (Å²) < 4.78 is 5.14. The Morgan fingerprint density at radius 2 is 1.92 bits per heavy atom. The molecule has 0 saturated heterocycles. The van der Waals surface area contributed by atoms with Gasteiger partial charge in [-0.05, 0) is 36.8 Å². The SMILES string of the molecule is COc1ccccc1C(=O)NCCC(=O)Nc1ccc(C)c(Cl)c1. The molecule has 0 aromatic heterocycles. The van der Waals surface area contributed by atoms with Gasteiger partial charge in [-0.3, -0.25) is 9.59 Å². The first-order chi connectivity index (χ1) is 11.5. The van der Waals surface area contributed by atoms with Gasteiger partial charge in [-0.2, -0.15) is 0 Å². The van der Waals surface area contributed by atoms with Crippen molar-refractivity contribution in [2.45, 2.75) is 13.3 Å². The second-order valence-electron chi connectivity index (χ2n) is 5.22. The summed E-state index contributed by atoms with van der Waals surface area (Å²) >= 11 is 6.02. The molecule has 2 N–H and O–H groups in total. The summed E-state index contributed by atoms with van der Waals surface area (Å²) in [6.07, 6.45) is 0.159. The fraction of sp³-hybridized carbons (Fsp3) is 0.222. The number of nitrogens with one attached hydrogen (secondary N) is 2. The maximum Gasteiger partial charge on any atom is 0.255 e. The topological polar surface area (TPSA) is 67.4 Å². The van der Waals surface area contributed by atoms with Crippen LogP contribution in [0, 0.1) is 6.92 Å². The number of para-hydroxylation sites is 1. The second-order valence-corrected chi connectivity index (χ2v) is 5.63. The van der Waals surface area contributed by atoms with Gasteiger partial charge < -0.3 is 15.4 Å². The van der Waals surface area contributed by atoms with Crippen molar-refractivity contribution in [3.63, 3.8) is 0 Å². The summed E-state index contributed by atoms with van der Waals surface area (Å²) in [4.78, 5) is 24.0. The van der Waals surface area contributed by atoms with Gasteiger partial charge in [0.05, 0.1) is 12.7 Å². The first-order valence-electron chi connectivity index (χ1n) is 7.48. The van der Waals surface area contributed by atoms with Gasteiger partial charge in [-0.1, -0.05) is 29.8 Å². The Kier molecular flexibility index (Phi) is 6.21. The summed E-state index contributed by atoms with van der Waals surface area (Å²) in [6.45, 7) is 2.11. The Hall–Kier alpha value is -2.53. The van der Waals surface area contributed by atoms with Crippen LogP contribution in [-0.4, -0.2) is 25.5 Å². The van der Waals surface area contributed by atoms with E-state index in [0.717, 1.165) is 5.56 Å². The Balaban J connectivity index is 1.84. The largest absolute Gasteiger partial charge is 0.496 e. The van der Waals surface area contributed by atoms with Crippen molar-refractivity contribution in [1.82, 2.24) is 5.32 Å². The number of ether oxygens (including phenoxy) is 1. The molecule has 0 heterocycles. The molecule has 0 spiro atoms. The number of methoxy groups -OCH3 is 1. The number of hydrogen-bond acceptors (Lipinski definition) is 3. The number of rotatable bonds is 6. The molecule has 6 heteroatoms. The lowest BCUT2D eigenvalue weighted by atomic mass is 10.2. The Morgan fingerprint density at radius 3 is 2.62 bits per heavy atom. The second kappa shape index (κ2) is 8.36. The van der Waals surface area contributed by atoms with Crippen LogP contribution in [0.1, 0.15) is 22.3 Å². The number of carbonyl (C=O) groups excluding carboxylic acids is 2. The summed E-state index contributed by atoms with van der Waals surface area (Å²) in [7, 11) is 1.51. The van der Waals surface area contributed by atoms with Crippen LogP contribution in [0.3, 0.4) is 0 Å². The lowest BCUT2D eigenvalue weighted by molar-refractivity contribution is -0.116. The maximum absolute atomic E-state index is 12.1. The van der Waals surface area contributed by atoms with Gasteiger partial charge in [0.1, 0.15) is 5.75 Å². The lowest BCUT2D eigenvalue weighted by Gasteiger charge is -2.10. The average molecular weight is 347 g/mol. The quantitative estimate of drug-likeness (QED) is 0.842. The van der Waals surface area contributed by atoms with Gasteiger partial charge in [-0.15, -0.1) is 0 Å². The van der Waals surface area contributed by atoms with Crippen LogP contribution >= 0.6 is 11.6 Å². The summed E-state index contributed by atoms with van der Waals surface area (Å²) in [5.74, 6) is 0.0163. The van der Waals surface area contributed by atoms with Gasteiger partial charge in [0.2, 0.25) is 5.91 Å². The minimum absolute atomic E-state index is 0.159. The zero-order valence-electron chi connectivity index (χ0n) is 13.6. The molecular weight excluding hydrogens is 328 g/mol. The minimum Gasteiger partial charge on any atom is -0.496 e. The van der Waals surface area contributed by atoms with E-state index in [4.69, 9.17) is 16.3 Å². The van der Waals surface area contributed by atoms with Crippen LogP contribution in [0.25, 0.3) is 0 Å². The van der Waals surface area contributed by atoms with E-state index in [2.05, 4.69) is 10.6 Å². The number of benzene rings is 2. The van der Waals surface area contributed by atoms with Gasteiger partial charge in [0, 0.05) is 23.7 Å². The Morgan fingerprint density at radius 1 is 1.17 bits per heavy atom. The van der Waals surface area contributed by atoms with E-state index < -0.39 is 0 Å². The third-order valence-electron chi connectivity index (χ3n) is 3.44. The molecule has 0 bridgehead atoms. The van der Waals surface area contributed by atoms with Crippen LogP contribution in [0.15, 0.2) is 42.5 Å². The number of carbonyl (C=O) groups is 2. The molecule has 0 atom stereocenters. The van der Waals surface area contributed by atoms with Crippen LogP contribution in [0.4, 0.5) is 5.69 Å². The molecule has 0 unspecified atom stereocenters. The van der Waals surface area contributed by atoms with Crippen molar-refractivity contribution >= 4 is 29.1 Å². The molecule has 0 aliphatic carbocycles. The average Bonchev–Trinajstić information content (AvgIpc) is 2.58. The lowest BCUT2D eigenvalue weighted by Crippen LogP contribution is -2.28. The van der Waals surface area contributed by atoms with E-state index in [-0.39, 0.29) is 24.8 Å². The number of anilines is 1. The molecule has 5 nitrogen and oxygen atoms in total. The van der Waals surface area contributed by atoms with E-state index in [9.17, 15) is 9.59 Å². The highest BCUT2D eigenvalue weighted by molar-refractivity contribution is 6.31. The third kappa shape index (κ3) is 4.73. The molecule has 126 valence electrons. The minimum atomic E-state index is -0.279. The van der Waals surface area contributed by atoms with Crippen LogP contribution in [-0.2, 0) is 4.79 Å². The van der Waals surface area contributed by atoms with E-state index in [0.29, 0.717) is 22.0 Å². The van der Waals surface area contributed by atoms with Gasteiger partial charge in [0.15, 0.2) is 0 Å². The molecule has 2 aromatic carbocycles. The molecule has 2 rings (SSSR count). The fourth-order valence-electron chi connectivity index (χ4n) is 2.11. The van der Waals surface area contributed by atoms with Gasteiger partial charge in [-0.25, -0.2) is 0 Å². The highest BCUT2D eigenvalue weighted by Gasteiger charge is 2.11. The normalized spacial score (nSPS) is 10.1. The van der Waals surface area contributed by atoms with Gasteiger partial charge in [0.25, 0.3) is 5.91 Å². The van der Waals surface area contributed by atoms with Crippen molar-refractivity contribution in [2.75, 3.05) is 19.0 Å². The molecule has 2 amide bonds. The number of amides is 2. The first-order valence-corrected chi connectivity index (χ1v) is 7.86. The molecule has 0 aliphatic heterocycles. The van der Waals surface area contributed by atoms with Crippen molar-refractivity contribution in [3.05, 3.63) is 58.6 Å². The number of hydrogen-bond donors (Lipinski definition) is 2. The smallest absolute Gasteiger partial charge is 0.255 e. The number of halogens is 1. The molecule has 0 radical (unpaired) electrons. The molecule has 0 fully saturated rings. The Bertz CT molecular complexity index is 747. The van der Waals surface area contributed by atoms with E-state index in [1.54, 1.807) is 36.4 Å². The monoisotopic (exact) mass is 346 g/mol. The van der Waals surface area contributed by atoms with E-state index >= 15 is 0 Å². The first kappa shape index (κ1) is 17.8. The summed E-state index contributed by atoms with van der Waals surface area (Å²) in [5, 5.41) is 6.05. The summed E-state index contributed by atoms with van der Waals surface area (Å²) in [5.41, 5.74) is 2.01. The van der Waals surface area contributed by atoms with Crippen molar-refractivity contribution in [1.29, 1.82) is 0 Å². The number of aryl methyl sites for hydroxylation is 1. The Labute approximate surface area is 146 Å². The molecule has 0 saturated carbocycles. The van der Waals surface area contributed by atoms with Gasteiger partial charge >= 0.3 is 0 Å². The standard InChI is InChI=1S/C18H19ClN2O3/c1-12-7-8-13(11-15(12)19)21-17(22)9-10-20-18(23)14-5-3-4-6-16(14)24-2/h3-8,11H,9-10H2,1-2H3,(H,20,23)(H,21,22).